The molecule has 1 N–H and O–H groups in total. The van der Waals surface area contributed by atoms with Crippen molar-refractivity contribution < 1.29 is 9.53 Å². The zero-order valence-electron chi connectivity index (χ0n) is 13.7. The molecule has 2 aromatic rings. The second-order valence-corrected chi connectivity index (χ2v) is 6.91. The van der Waals surface area contributed by atoms with E-state index in [0.717, 1.165) is 23.4 Å². The molecular weight excluding hydrogens is 288 g/mol. The number of nitrogens with zero attached hydrogens (tertiary/aromatic N) is 1. The van der Waals surface area contributed by atoms with Crippen molar-refractivity contribution in [3.63, 3.8) is 0 Å². The summed E-state index contributed by atoms with van der Waals surface area (Å²) >= 11 is 0. The van der Waals surface area contributed by atoms with E-state index in [4.69, 9.17) is 9.72 Å². The Labute approximate surface area is 136 Å². The number of amides is 1. The molecule has 1 aromatic carbocycles. The van der Waals surface area contributed by atoms with Crippen molar-refractivity contribution in [2.45, 2.75) is 44.8 Å². The number of benzene rings is 1. The minimum Gasteiger partial charge on any atom is -0.444 e. The van der Waals surface area contributed by atoms with Crippen LogP contribution in [0.5, 0.6) is 0 Å². The largest absolute Gasteiger partial charge is 0.444 e. The molecule has 0 spiro atoms. The number of carbonyl (C=O) groups excluding carboxylic acids is 1. The van der Waals surface area contributed by atoms with Crippen molar-refractivity contribution in [1.29, 1.82) is 0 Å². The van der Waals surface area contributed by atoms with E-state index in [1.54, 1.807) is 0 Å². The second-order valence-electron chi connectivity index (χ2n) is 6.91. The predicted octanol–water partition coefficient (Wildman–Crippen LogP) is 4.13. The van der Waals surface area contributed by atoms with Crippen LogP contribution in [0.25, 0.3) is 11.3 Å². The lowest BCUT2D eigenvalue weighted by Gasteiger charge is -2.19. The van der Waals surface area contributed by atoms with Gasteiger partial charge in [0, 0.05) is 23.2 Å². The van der Waals surface area contributed by atoms with Crippen molar-refractivity contribution in [2.75, 3.05) is 0 Å². The fourth-order valence-corrected chi connectivity index (χ4v) is 2.57. The summed E-state index contributed by atoms with van der Waals surface area (Å²) in [6, 6.07) is 16.3. The molecule has 0 aliphatic heterocycles. The van der Waals surface area contributed by atoms with E-state index in [2.05, 4.69) is 17.4 Å². The monoisotopic (exact) mass is 310 g/mol. The highest BCUT2D eigenvalue weighted by atomic mass is 16.6. The highest BCUT2D eigenvalue weighted by molar-refractivity contribution is 5.69. The Bertz CT molecular complexity index is 692. The molecule has 0 saturated heterocycles. The Kier molecular flexibility index (Phi) is 4.07. The van der Waals surface area contributed by atoms with E-state index in [1.165, 1.54) is 0 Å². The number of hydrogen-bond acceptors (Lipinski definition) is 3. The van der Waals surface area contributed by atoms with Crippen LogP contribution in [-0.4, -0.2) is 22.7 Å². The maximum atomic E-state index is 11.8. The van der Waals surface area contributed by atoms with Gasteiger partial charge in [-0.25, -0.2) is 4.79 Å². The van der Waals surface area contributed by atoms with Gasteiger partial charge in [-0.3, -0.25) is 4.98 Å². The fourth-order valence-electron chi connectivity index (χ4n) is 2.57. The third-order valence-electron chi connectivity index (χ3n) is 3.71. The van der Waals surface area contributed by atoms with E-state index >= 15 is 0 Å². The number of rotatable bonds is 3. The van der Waals surface area contributed by atoms with Crippen LogP contribution in [-0.2, 0) is 4.74 Å². The van der Waals surface area contributed by atoms with Crippen LogP contribution in [0.1, 0.15) is 38.8 Å². The molecule has 4 heteroatoms. The molecule has 0 bridgehead atoms. The first-order valence-corrected chi connectivity index (χ1v) is 7.94. The van der Waals surface area contributed by atoms with Crippen LogP contribution in [0, 0.1) is 0 Å². The summed E-state index contributed by atoms with van der Waals surface area (Å²) < 4.78 is 5.30. The lowest BCUT2D eigenvalue weighted by atomic mass is 10.1. The Morgan fingerprint density at radius 1 is 1.13 bits per heavy atom. The van der Waals surface area contributed by atoms with E-state index in [0.29, 0.717) is 0 Å². The summed E-state index contributed by atoms with van der Waals surface area (Å²) in [5.74, 6) is 0.270. The molecule has 1 heterocycles. The number of pyridine rings is 1. The molecule has 120 valence electrons. The molecule has 1 aliphatic carbocycles. The Hall–Kier alpha value is -2.36. The van der Waals surface area contributed by atoms with Crippen molar-refractivity contribution in [3.05, 3.63) is 54.2 Å². The fraction of sp³-hybridized carbons (Fsp3) is 0.368. The third-order valence-corrected chi connectivity index (χ3v) is 3.71. The summed E-state index contributed by atoms with van der Waals surface area (Å²) in [5.41, 5.74) is 2.62. The second kappa shape index (κ2) is 6.03. The average molecular weight is 310 g/mol. The van der Waals surface area contributed by atoms with Gasteiger partial charge in [0.2, 0.25) is 0 Å². The third kappa shape index (κ3) is 4.09. The van der Waals surface area contributed by atoms with Gasteiger partial charge in [0.05, 0.1) is 5.69 Å². The molecule has 23 heavy (non-hydrogen) atoms. The number of nitrogens with one attached hydrogen (secondary N) is 1. The first-order valence-electron chi connectivity index (χ1n) is 7.94. The number of alkyl carbamates (subject to hydrolysis) is 1. The molecule has 1 aromatic heterocycles. The first-order chi connectivity index (χ1) is 10.9. The lowest BCUT2D eigenvalue weighted by Crippen LogP contribution is -2.34. The molecule has 0 unspecified atom stereocenters. The van der Waals surface area contributed by atoms with E-state index < -0.39 is 5.60 Å². The summed E-state index contributed by atoms with van der Waals surface area (Å²) in [6.45, 7) is 5.59. The highest BCUT2D eigenvalue weighted by Crippen LogP contribution is 2.40. The van der Waals surface area contributed by atoms with Crippen LogP contribution in [0.2, 0.25) is 0 Å². The van der Waals surface area contributed by atoms with Crippen molar-refractivity contribution >= 4 is 6.09 Å². The zero-order chi connectivity index (χ0) is 16.4. The number of aromatic nitrogens is 1. The Morgan fingerprint density at radius 3 is 2.57 bits per heavy atom. The van der Waals surface area contributed by atoms with Gasteiger partial charge in [-0.05, 0) is 39.3 Å². The number of hydrogen-bond donors (Lipinski definition) is 1. The van der Waals surface area contributed by atoms with E-state index in [9.17, 15) is 4.79 Å². The number of carbonyl (C=O) groups is 1. The SMILES string of the molecule is CC(C)(C)OC(=O)N[C@H]1C[C@H]1c1cccc(-c2ccccc2)n1. The molecule has 1 aliphatic rings. The van der Waals surface area contributed by atoms with Crippen LogP contribution in [0.15, 0.2) is 48.5 Å². The summed E-state index contributed by atoms with van der Waals surface area (Å²) in [7, 11) is 0. The molecule has 0 radical (unpaired) electrons. The summed E-state index contributed by atoms with van der Waals surface area (Å²) in [4.78, 5) is 16.6. The molecule has 1 fully saturated rings. The van der Waals surface area contributed by atoms with Gasteiger partial charge in [-0.1, -0.05) is 36.4 Å². The standard InChI is InChI=1S/C19H22N2O2/c1-19(2,3)23-18(22)21-17-12-14(17)16-11-7-10-15(20-16)13-8-5-4-6-9-13/h4-11,14,17H,12H2,1-3H3,(H,21,22)/t14-,17-/m0/s1. The molecular formula is C19H22N2O2. The zero-order valence-corrected chi connectivity index (χ0v) is 13.7. The predicted molar refractivity (Wildman–Crippen MR) is 90.2 cm³/mol. The van der Waals surface area contributed by atoms with Crippen molar-refractivity contribution in [1.82, 2.24) is 10.3 Å². The van der Waals surface area contributed by atoms with Gasteiger partial charge in [0.1, 0.15) is 5.60 Å². The Morgan fingerprint density at radius 2 is 1.87 bits per heavy atom. The average Bonchev–Trinajstić information content (AvgIpc) is 3.25. The minimum absolute atomic E-state index is 0.114. The van der Waals surface area contributed by atoms with E-state index in [-0.39, 0.29) is 18.1 Å². The van der Waals surface area contributed by atoms with Gasteiger partial charge in [0.25, 0.3) is 0 Å². The maximum absolute atomic E-state index is 11.8. The van der Waals surface area contributed by atoms with E-state index in [1.807, 2.05) is 57.2 Å². The van der Waals surface area contributed by atoms with Crippen LogP contribution in [0.4, 0.5) is 4.79 Å². The molecule has 4 nitrogen and oxygen atoms in total. The minimum atomic E-state index is -0.472. The van der Waals surface area contributed by atoms with Crippen molar-refractivity contribution in [3.8, 4) is 11.3 Å². The quantitative estimate of drug-likeness (QED) is 0.927. The van der Waals surface area contributed by atoms with Crippen LogP contribution >= 0.6 is 0 Å². The normalized spacial score (nSPS) is 20.0. The lowest BCUT2D eigenvalue weighted by molar-refractivity contribution is 0.0523. The van der Waals surface area contributed by atoms with Crippen molar-refractivity contribution in [2.24, 2.45) is 0 Å². The topological polar surface area (TPSA) is 51.2 Å². The first kappa shape index (κ1) is 15.5. The molecule has 2 atom stereocenters. The smallest absolute Gasteiger partial charge is 0.407 e. The molecule has 3 rings (SSSR count). The number of ether oxygens (including phenoxy) is 1. The van der Waals surface area contributed by atoms with Crippen LogP contribution < -0.4 is 5.32 Å². The maximum Gasteiger partial charge on any atom is 0.407 e. The highest BCUT2D eigenvalue weighted by Gasteiger charge is 2.41. The summed E-state index contributed by atoms with van der Waals surface area (Å²) in [6.07, 6.45) is 0.550. The summed E-state index contributed by atoms with van der Waals surface area (Å²) in [5, 5.41) is 2.92. The van der Waals surface area contributed by atoms with Gasteiger partial charge >= 0.3 is 6.09 Å². The van der Waals surface area contributed by atoms with Gasteiger partial charge < -0.3 is 10.1 Å². The molecule has 1 saturated carbocycles. The van der Waals surface area contributed by atoms with Gasteiger partial charge in [-0.15, -0.1) is 0 Å². The van der Waals surface area contributed by atoms with Crippen LogP contribution in [0.3, 0.4) is 0 Å². The molecule has 1 amide bonds. The van der Waals surface area contributed by atoms with Gasteiger partial charge in [0.15, 0.2) is 0 Å². The Balaban J connectivity index is 1.65. The van der Waals surface area contributed by atoms with Gasteiger partial charge in [-0.2, -0.15) is 0 Å².